The number of amides is 1. The Hall–Kier alpha value is -3.19. The molecule has 0 spiro atoms. The van der Waals surface area contributed by atoms with Crippen LogP contribution >= 0.6 is 11.3 Å². The number of pyridine rings is 1. The van der Waals surface area contributed by atoms with Gasteiger partial charge in [0.2, 0.25) is 5.91 Å². The molecule has 1 aliphatic carbocycles. The fraction of sp³-hybridized carbons (Fsp3) is 0.346. The molecular weight excluding hydrogens is 434 g/mol. The van der Waals surface area contributed by atoms with Crippen molar-refractivity contribution in [3.63, 3.8) is 0 Å². The van der Waals surface area contributed by atoms with Gasteiger partial charge in [0.25, 0.3) is 0 Å². The third-order valence-electron chi connectivity index (χ3n) is 7.40. The molecule has 3 N–H and O–H groups in total. The van der Waals surface area contributed by atoms with Crippen molar-refractivity contribution in [2.75, 3.05) is 0 Å². The van der Waals surface area contributed by atoms with E-state index in [0.717, 1.165) is 50.8 Å². The van der Waals surface area contributed by atoms with Crippen molar-refractivity contribution in [3.05, 3.63) is 52.5 Å². The molecule has 6 nitrogen and oxygen atoms in total. The van der Waals surface area contributed by atoms with Gasteiger partial charge in [-0.25, -0.2) is 4.79 Å². The highest BCUT2D eigenvalue weighted by atomic mass is 32.1. The molecule has 1 saturated carbocycles. The van der Waals surface area contributed by atoms with Gasteiger partial charge in [-0.15, -0.1) is 11.3 Å². The molecule has 1 amide bonds. The minimum absolute atomic E-state index is 0.329. The Morgan fingerprint density at radius 1 is 1.15 bits per heavy atom. The molecule has 1 aliphatic heterocycles. The summed E-state index contributed by atoms with van der Waals surface area (Å²) in [5.74, 6) is -1.22. The van der Waals surface area contributed by atoms with Gasteiger partial charge in [-0.3, -0.25) is 9.78 Å². The first-order valence-electron chi connectivity index (χ1n) is 11.6. The largest absolute Gasteiger partial charge is 0.477 e. The molecule has 7 heteroatoms. The van der Waals surface area contributed by atoms with Crippen molar-refractivity contribution in [2.24, 2.45) is 11.7 Å². The number of aromatic carboxylic acids is 1. The maximum atomic E-state index is 12.5. The van der Waals surface area contributed by atoms with Gasteiger partial charge in [-0.05, 0) is 54.5 Å². The SMILES string of the molecule is NC(=O)C1Cc2c(ccc3ncccc23)-c2c(C3CCCCC3)c3sc(C(=O)O)cc3n2C1. The van der Waals surface area contributed by atoms with Crippen LogP contribution in [0.25, 0.3) is 32.4 Å². The number of thiophene rings is 1. The van der Waals surface area contributed by atoms with Crippen LogP contribution in [0.5, 0.6) is 0 Å². The Bertz CT molecular complexity index is 1430. The lowest BCUT2D eigenvalue weighted by Crippen LogP contribution is -2.28. The van der Waals surface area contributed by atoms with Crippen LogP contribution in [0, 0.1) is 5.92 Å². The van der Waals surface area contributed by atoms with Gasteiger partial charge in [0.05, 0.1) is 27.3 Å². The lowest BCUT2D eigenvalue weighted by atomic mass is 9.82. The number of rotatable bonds is 3. The number of carbonyl (C=O) groups excluding carboxylic acids is 1. The van der Waals surface area contributed by atoms with Gasteiger partial charge in [0.15, 0.2) is 0 Å². The molecule has 1 unspecified atom stereocenters. The normalized spacial score (nSPS) is 18.7. The van der Waals surface area contributed by atoms with Gasteiger partial charge >= 0.3 is 5.97 Å². The second-order valence-electron chi connectivity index (χ2n) is 9.30. The summed E-state index contributed by atoms with van der Waals surface area (Å²) in [7, 11) is 0. The van der Waals surface area contributed by atoms with Crippen molar-refractivity contribution in [1.82, 2.24) is 9.55 Å². The zero-order valence-corrected chi connectivity index (χ0v) is 19.0. The monoisotopic (exact) mass is 459 g/mol. The molecule has 0 bridgehead atoms. The predicted molar refractivity (Wildman–Crippen MR) is 130 cm³/mol. The molecule has 3 aromatic heterocycles. The Morgan fingerprint density at radius 3 is 2.73 bits per heavy atom. The van der Waals surface area contributed by atoms with E-state index in [0.29, 0.717) is 23.8 Å². The molecule has 2 aliphatic rings. The molecule has 0 saturated heterocycles. The highest BCUT2D eigenvalue weighted by Gasteiger charge is 2.34. The van der Waals surface area contributed by atoms with Gasteiger partial charge < -0.3 is 15.4 Å². The molecule has 33 heavy (non-hydrogen) atoms. The molecule has 4 heterocycles. The first-order valence-corrected chi connectivity index (χ1v) is 12.4. The van der Waals surface area contributed by atoms with Crippen LogP contribution in [-0.2, 0) is 17.8 Å². The molecule has 4 aromatic rings. The Labute approximate surface area is 195 Å². The Kier molecular flexibility index (Phi) is 4.76. The second kappa shape index (κ2) is 7.70. The van der Waals surface area contributed by atoms with Crippen LogP contribution in [0.15, 0.2) is 36.5 Å². The topological polar surface area (TPSA) is 98.2 Å². The molecule has 6 rings (SSSR count). The van der Waals surface area contributed by atoms with Crippen molar-refractivity contribution in [3.8, 4) is 11.3 Å². The van der Waals surface area contributed by atoms with Crippen LogP contribution < -0.4 is 5.73 Å². The van der Waals surface area contributed by atoms with Crippen LogP contribution in [0.3, 0.4) is 0 Å². The van der Waals surface area contributed by atoms with E-state index in [1.54, 1.807) is 12.3 Å². The Balaban J connectivity index is 1.71. The van der Waals surface area contributed by atoms with Crippen LogP contribution in [0.1, 0.15) is 58.8 Å². The summed E-state index contributed by atoms with van der Waals surface area (Å²) in [6.45, 7) is 0.458. The average molecular weight is 460 g/mol. The number of fused-ring (bicyclic) bond motifs is 7. The van der Waals surface area contributed by atoms with E-state index in [-0.39, 0.29) is 11.8 Å². The fourth-order valence-corrected chi connectivity index (χ4v) is 7.01. The van der Waals surface area contributed by atoms with E-state index >= 15 is 0 Å². The van der Waals surface area contributed by atoms with Gasteiger partial charge in [-0.2, -0.15) is 0 Å². The van der Waals surface area contributed by atoms with Crippen molar-refractivity contribution >= 4 is 44.3 Å². The average Bonchev–Trinajstić information content (AvgIpc) is 3.32. The van der Waals surface area contributed by atoms with E-state index in [2.05, 4.69) is 27.8 Å². The van der Waals surface area contributed by atoms with Crippen LogP contribution in [0.4, 0.5) is 0 Å². The molecular formula is C26H25N3O3S. The summed E-state index contributed by atoms with van der Waals surface area (Å²) < 4.78 is 3.24. The van der Waals surface area contributed by atoms with Gasteiger partial charge in [0.1, 0.15) is 4.88 Å². The van der Waals surface area contributed by atoms with E-state index in [9.17, 15) is 14.7 Å². The first kappa shape index (κ1) is 20.4. The Morgan fingerprint density at radius 2 is 1.97 bits per heavy atom. The van der Waals surface area contributed by atoms with Gasteiger partial charge in [0, 0.05) is 23.7 Å². The smallest absolute Gasteiger partial charge is 0.345 e. The minimum atomic E-state index is -0.905. The molecule has 168 valence electrons. The third-order valence-corrected chi connectivity index (χ3v) is 8.55. The number of carboxylic acid groups (broad SMARTS) is 1. The number of nitrogens with two attached hydrogens (primary N) is 1. The number of carboxylic acids is 1. The summed E-state index contributed by atoms with van der Waals surface area (Å²) in [6, 6.07) is 9.98. The summed E-state index contributed by atoms with van der Waals surface area (Å²) in [5, 5.41) is 10.8. The lowest BCUT2D eigenvalue weighted by molar-refractivity contribution is -0.122. The maximum absolute atomic E-state index is 12.5. The summed E-state index contributed by atoms with van der Waals surface area (Å²) >= 11 is 1.36. The highest BCUT2D eigenvalue weighted by Crippen LogP contribution is 2.49. The van der Waals surface area contributed by atoms with Crippen LogP contribution in [0.2, 0.25) is 0 Å². The van der Waals surface area contributed by atoms with E-state index in [1.807, 2.05) is 6.07 Å². The van der Waals surface area contributed by atoms with E-state index in [4.69, 9.17) is 5.73 Å². The molecule has 1 atom stereocenters. The summed E-state index contributed by atoms with van der Waals surface area (Å²) in [4.78, 5) is 29.2. The maximum Gasteiger partial charge on any atom is 0.345 e. The van der Waals surface area contributed by atoms with E-state index < -0.39 is 5.97 Å². The minimum Gasteiger partial charge on any atom is -0.477 e. The number of nitrogens with zero attached hydrogens (tertiary/aromatic N) is 2. The fourth-order valence-electron chi connectivity index (χ4n) is 5.88. The van der Waals surface area contributed by atoms with E-state index in [1.165, 1.54) is 36.2 Å². The standard InChI is InChI=1S/C26H25N3O3S/c27-25(30)15-11-18-16-7-4-10-28-19(16)9-8-17(18)23-22(14-5-2-1-3-6-14)24-20(29(23)13-15)12-21(33-24)26(31)32/h4,7-10,12,14-15H,1-3,5-6,11,13H2,(H2,27,30)(H,31,32). The second-order valence-corrected chi connectivity index (χ2v) is 10.4. The van der Waals surface area contributed by atoms with Crippen molar-refractivity contribution < 1.29 is 14.7 Å². The lowest BCUT2D eigenvalue weighted by Gasteiger charge is -2.24. The number of aromatic nitrogens is 2. The predicted octanol–water partition coefficient (Wildman–Crippen LogP) is 5.32. The first-order chi connectivity index (χ1) is 16.0. The number of carbonyl (C=O) groups is 2. The number of benzene rings is 1. The summed E-state index contributed by atoms with van der Waals surface area (Å²) in [5.41, 5.74) is 12.4. The number of hydrogen-bond donors (Lipinski definition) is 2. The molecule has 0 radical (unpaired) electrons. The van der Waals surface area contributed by atoms with Crippen molar-refractivity contribution in [1.29, 1.82) is 0 Å². The van der Waals surface area contributed by atoms with Gasteiger partial charge in [-0.1, -0.05) is 31.4 Å². The molecule has 1 aromatic carbocycles. The van der Waals surface area contributed by atoms with Crippen molar-refractivity contribution in [2.45, 2.75) is 51.0 Å². The van der Waals surface area contributed by atoms with Crippen LogP contribution in [-0.4, -0.2) is 26.5 Å². The zero-order chi connectivity index (χ0) is 22.7. The summed E-state index contributed by atoms with van der Waals surface area (Å²) in [6.07, 6.45) is 8.18. The zero-order valence-electron chi connectivity index (χ0n) is 18.2. The number of primary amides is 1. The molecule has 1 fully saturated rings. The number of hydrogen-bond acceptors (Lipinski definition) is 4. The third kappa shape index (κ3) is 3.17. The quantitative estimate of drug-likeness (QED) is 0.433. The highest BCUT2D eigenvalue weighted by molar-refractivity contribution is 7.21.